The number of imidazole rings is 1. The van der Waals surface area contributed by atoms with Gasteiger partial charge in [0.1, 0.15) is 30.4 Å². The number of aromatic nitrogens is 4. The fourth-order valence-electron chi connectivity index (χ4n) is 3.22. The van der Waals surface area contributed by atoms with E-state index in [2.05, 4.69) is 20.3 Å². The van der Waals surface area contributed by atoms with Gasteiger partial charge >= 0.3 is 0 Å². The second kappa shape index (κ2) is 7.40. The topological polar surface area (TPSA) is 166 Å². The molecule has 6 N–H and O–H groups in total. The Hall–Kier alpha value is -3.06. The summed E-state index contributed by atoms with van der Waals surface area (Å²) >= 11 is 0. The maximum atomic E-state index is 13.5. The average Bonchev–Trinajstić information content (AvgIpc) is 3.26. The van der Waals surface area contributed by atoms with Crippen molar-refractivity contribution in [2.24, 2.45) is 0 Å². The monoisotopic (exact) mass is 407 g/mol. The number of rotatable bonds is 5. The molecule has 0 radical (unpaired) electrons. The van der Waals surface area contributed by atoms with Crippen LogP contribution in [0.15, 0.2) is 24.8 Å². The van der Waals surface area contributed by atoms with E-state index in [1.807, 2.05) is 0 Å². The third-order valence-electron chi connectivity index (χ3n) is 4.79. The summed E-state index contributed by atoms with van der Waals surface area (Å²) < 4.78 is 20.4. The summed E-state index contributed by atoms with van der Waals surface area (Å²) in [6, 6.07) is 2.07. The highest BCUT2D eigenvalue weighted by atomic mass is 19.1. The van der Waals surface area contributed by atoms with E-state index in [1.54, 1.807) is 0 Å². The molecule has 1 aliphatic heterocycles. The minimum absolute atomic E-state index is 0.0559. The molecule has 0 unspecified atom stereocenters. The van der Waals surface area contributed by atoms with Crippen LogP contribution in [0, 0.1) is 5.82 Å². The first-order valence-electron chi connectivity index (χ1n) is 8.65. The Balaban J connectivity index is 1.63. The lowest BCUT2D eigenvalue weighted by Crippen LogP contribution is -2.33. The Morgan fingerprint density at radius 2 is 1.93 bits per heavy atom. The fourth-order valence-corrected chi connectivity index (χ4v) is 3.22. The number of benzene rings is 1. The summed E-state index contributed by atoms with van der Waals surface area (Å²) in [5.74, 6) is -1.62. The molecule has 3 heterocycles. The minimum atomic E-state index is -1.31. The average molecular weight is 407 g/mol. The number of nitrogens with zero attached hydrogens (tertiary/aromatic N) is 4. The number of anilines is 1. The van der Waals surface area contributed by atoms with E-state index in [0.717, 1.165) is 12.1 Å². The molecule has 0 amide bonds. The van der Waals surface area contributed by atoms with Crippen LogP contribution in [0.25, 0.3) is 11.2 Å². The van der Waals surface area contributed by atoms with E-state index in [0.29, 0.717) is 0 Å². The zero-order valence-corrected chi connectivity index (χ0v) is 14.8. The van der Waals surface area contributed by atoms with Gasteiger partial charge < -0.3 is 35.6 Å². The van der Waals surface area contributed by atoms with Crippen LogP contribution in [0.1, 0.15) is 11.8 Å². The molecule has 1 fully saturated rings. The van der Waals surface area contributed by atoms with Gasteiger partial charge in [-0.15, -0.1) is 0 Å². The number of phenolic OH excluding ortho intramolecular Hbond substituents is 2. The number of hydrogen-bond donors (Lipinski definition) is 6. The quantitative estimate of drug-likeness (QED) is 0.328. The molecule has 29 heavy (non-hydrogen) atoms. The van der Waals surface area contributed by atoms with E-state index in [1.165, 1.54) is 17.2 Å². The van der Waals surface area contributed by atoms with Crippen LogP contribution in [0.5, 0.6) is 11.5 Å². The molecule has 1 aromatic carbocycles. The van der Waals surface area contributed by atoms with Crippen molar-refractivity contribution < 1.29 is 34.7 Å². The molecule has 11 nitrogen and oxygen atoms in total. The van der Waals surface area contributed by atoms with Gasteiger partial charge in [-0.25, -0.2) is 19.3 Å². The van der Waals surface area contributed by atoms with Crippen molar-refractivity contribution in [3.8, 4) is 11.5 Å². The molecular formula is C17H18FN5O6. The number of phenols is 2. The highest BCUT2D eigenvalue weighted by Crippen LogP contribution is 2.33. The number of fused-ring (bicyclic) bond motifs is 1. The van der Waals surface area contributed by atoms with E-state index < -0.39 is 42.7 Å². The molecular weight excluding hydrogens is 389 g/mol. The van der Waals surface area contributed by atoms with E-state index >= 15 is 0 Å². The molecule has 0 spiro atoms. The molecule has 154 valence electrons. The molecule has 1 aliphatic rings. The highest BCUT2D eigenvalue weighted by Gasteiger charge is 2.44. The van der Waals surface area contributed by atoms with Gasteiger partial charge in [0.2, 0.25) is 0 Å². The summed E-state index contributed by atoms with van der Waals surface area (Å²) in [6.07, 6.45) is -2.01. The number of aliphatic hydroxyl groups excluding tert-OH is 3. The van der Waals surface area contributed by atoms with Crippen LogP contribution in [0.3, 0.4) is 0 Å². The van der Waals surface area contributed by atoms with Gasteiger partial charge in [-0.3, -0.25) is 4.57 Å². The van der Waals surface area contributed by atoms with Gasteiger partial charge in [-0.2, -0.15) is 0 Å². The summed E-state index contributed by atoms with van der Waals surface area (Å²) in [6.45, 7) is -0.619. The normalized spacial score (nSPS) is 24.3. The van der Waals surface area contributed by atoms with Crippen LogP contribution < -0.4 is 5.32 Å². The Labute approximate surface area is 162 Å². The highest BCUT2D eigenvalue weighted by molar-refractivity contribution is 5.82. The number of aliphatic hydroxyl groups is 3. The largest absolute Gasteiger partial charge is 0.507 e. The van der Waals surface area contributed by atoms with Gasteiger partial charge in [0.25, 0.3) is 0 Å². The molecule has 2 aromatic heterocycles. The van der Waals surface area contributed by atoms with Crippen LogP contribution in [0.2, 0.25) is 0 Å². The van der Waals surface area contributed by atoms with E-state index in [9.17, 15) is 29.9 Å². The van der Waals surface area contributed by atoms with Crippen molar-refractivity contribution >= 4 is 17.0 Å². The number of nitrogens with one attached hydrogen (secondary N) is 1. The first-order valence-corrected chi connectivity index (χ1v) is 8.65. The van der Waals surface area contributed by atoms with Crippen molar-refractivity contribution in [2.45, 2.75) is 31.1 Å². The van der Waals surface area contributed by atoms with E-state index in [-0.39, 0.29) is 34.8 Å². The number of aromatic hydroxyl groups is 2. The van der Waals surface area contributed by atoms with Crippen LogP contribution >= 0.6 is 0 Å². The Bertz CT molecular complexity index is 1050. The predicted octanol–water partition coefficient (Wildman–Crippen LogP) is -0.400. The lowest BCUT2D eigenvalue weighted by atomic mass is 10.1. The van der Waals surface area contributed by atoms with Gasteiger partial charge in [-0.05, 0) is 12.1 Å². The maximum absolute atomic E-state index is 13.5. The molecule has 0 saturated carbocycles. The molecule has 4 rings (SSSR count). The molecule has 12 heteroatoms. The zero-order chi connectivity index (χ0) is 20.7. The second-order valence-electron chi connectivity index (χ2n) is 6.52. The Morgan fingerprint density at radius 1 is 1.14 bits per heavy atom. The summed E-state index contributed by atoms with van der Waals surface area (Å²) in [5, 5.41) is 51.9. The van der Waals surface area contributed by atoms with E-state index in [4.69, 9.17) is 4.74 Å². The van der Waals surface area contributed by atoms with Gasteiger partial charge in [0, 0.05) is 6.54 Å². The van der Waals surface area contributed by atoms with Gasteiger partial charge in [0.15, 0.2) is 34.8 Å². The molecule has 0 bridgehead atoms. The maximum Gasteiger partial charge on any atom is 0.167 e. The summed E-state index contributed by atoms with van der Waals surface area (Å²) in [7, 11) is 0. The summed E-state index contributed by atoms with van der Waals surface area (Å²) in [5.41, 5.74) is 0.491. The third-order valence-corrected chi connectivity index (χ3v) is 4.79. The molecule has 4 atom stereocenters. The molecule has 0 aliphatic carbocycles. The minimum Gasteiger partial charge on any atom is -0.507 e. The van der Waals surface area contributed by atoms with Crippen LogP contribution in [-0.4, -0.2) is 70.0 Å². The standard InChI is InChI=1S/C17H18FN5O6/c18-8-1-2-9(25)7(12(8)26)3-19-15-11-16(21-5-20-15)23(6-22-11)17-14(28)13(27)10(4-24)29-17/h1-2,5-6,10,13-14,17,24-28H,3-4H2,(H,19,20,21)/t10-,13-,14-,17-/m1/s1. The second-order valence-corrected chi connectivity index (χ2v) is 6.52. The first-order chi connectivity index (χ1) is 13.9. The molecule has 1 saturated heterocycles. The van der Waals surface area contributed by atoms with Crippen molar-refractivity contribution in [1.29, 1.82) is 0 Å². The predicted molar refractivity (Wildman–Crippen MR) is 95.4 cm³/mol. The Morgan fingerprint density at radius 3 is 2.66 bits per heavy atom. The SMILES string of the molecule is OC[C@H]1O[C@@H](n2cnc3c(NCc4c(O)ccc(F)c4O)ncnc32)[C@H](O)[C@@H]1O. The number of ether oxygens (including phenoxy) is 1. The number of hydrogen-bond acceptors (Lipinski definition) is 10. The van der Waals surface area contributed by atoms with Crippen molar-refractivity contribution in [3.63, 3.8) is 0 Å². The molecule has 3 aromatic rings. The lowest BCUT2D eigenvalue weighted by Gasteiger charge is -2.16. The van der Waals surface area contributed by atoms with Crippen molar-refractivity contribution in [2.75, 3.05) is 11.9 Å². The zero-order valence-electron chi connectivity index (χ0n) is 14.8. The number of halogens is 1. The third kappa shape index (κ3) is 3.21. The fraction of sp³-hybridized carbons (Fsp3) is 0.353. The van der Waals surface area contributed by atoms with Crippen LogP contribution in [0.4, 0.5) is 10.2 Å². The van der Waals surface area contributed by atoms with Crippen molar-refractivity contribution in [1.82, 2.24) is 19.5 Å². The smallest absolute Gasteiger partial charge is 0.167 e. The lowest BCUT2D eigenvalue weighted by molar-refractivity contribution is -0.0511. The van der Waals surface area contributed by atoms with Gasteiger partial charge in [0.05, 0.1) is 18.5 Å². The first kappa shape index (κ1) is 19.3. The van der Waals surface area contributed by atoms with Gasteiger partial charge in [-0.1, -0.05) is 0 Å². The van der Waals surface area contributed by atoms with Crippen molar-refractivity contribution in [3.05, 3.63) is 36.2 Å². The Kier molecular flexibility index (Phi) is 4.92. The van der Waals surface area contributed by atoms with Crippen LogP contribution in [-0.2, 0) is 11.3 Å². The summed E-state index contributed by atoms with van der Waals surface area (Å²) in [4.78, 5) is 12.4.